The first kappa shape index (κ1) is 11.3. The minimum atomic E-state index is -0.326. The molecular formula is C11H15NO4. The van der Waals surface area contributed by atoms with Crippen LogP contribution in [0, 0.1) is 0 Å². The van der Waals surface area contributed by atoms with Crippen LogP contribution in [0.2, 0.25) is 0 Å². The fraction of sp³-hybridized carbons (Fsp3) is 0.636. The van der Waals surface area contributed by atoms with Crippen molar-refractivity contribution in [2.75, 3.05) is 6.61 Å². The molecule has 1 amide bonds. The number of ether oxygens (including phenoxy) is 1. The molecule has 1 N–H and O–H groups in total. The van der Waals surface area contributed by atoms with Crippen molar-refractivity contribution in [2.45, 2.75) is 38.5 Å². The molecule has 88 valence electrons. The number of nitrogens with zero attached hydrogens (tertiary/aromatic N) is 1. The van der Waals surface area contributed by atoms with Crippen LogP contribution in [0.5, 0.6) is 0 Å². The van der Waals surface area contributed by atoms with Gasteiger partial charge in [-0.15, -0.1) is 0 Å². The number of rotatable bonds is 2. The molecule has 5 heteroatoms. The second-order valence-electron chi connectivity index (χ2n) is 4.19. The van der Waals surface area contributed by atoms with E-state index < -0.39 is 0 Å². The normalized spacial score (nSPS) is 30.9. The first-order valence-electron chi connectivity index (χ1n) is 5.41. The van der Waals surface area contributed by atoms with Gasteiger partial charge in [0.15, 0.2) is 5.78 Å². The molecule has 0 aromatic carbocycles. The van der Waals surface area contributed by atoms with Crippen molar-refractivity contribution in [2.24, 2.45) is 0 Å². The minimum Gasteiger partial charge on any atom is -0.394 e. The SMILES string of the molecule is CC1=CN([C@H]2CC[C@@H](CO)O2)C(=O)CC1=O. The van der Waals surface area contributed by atoms with Crippen molar-refractivity contribution in [3.63, 3.8) is 0 Å². The summed E-state index contributed by atoms with van der Waals surface area (Å²) in [5, 5.41) is 8.94. The smallest absolute Gasteiger partial charge is 0.236 e. The van der Waals surface area contributed by atoms with Gasteiger partial charge >= 0.3 is 0 Å². The van der Waals surface area contributed by atoms with Gasteiger partial charge in [0.1, 0.15) is 6.23 Å². The molecule has 16 heavy (non-hydrogen) atoms. The van der Waals surface area contributed by atoms with Crippen LogP contribution in [0.1, 0.15) is 26.2 Å². The molecule has 2 rings (SSSR count). The molecule has 0 spiro atoms. The Morgan fingerprint density at radius 1 is 1.50 bits per heavy atom. The van der Waals surface area contributed by atoms with Crippen LogP contribution in [0.3, 0.4) is 0 Å². The lowest BCUT2D eigenvalue weighted by molar-refractivity contribution is -0.144. The number of Topliss-reactive ketones (excluding diaryl/α,β-unsaturated/α-hetero) is 1. The summed E-state index contributed by atoms with van der Waals surface area (Å²) in [6, 6.07) is 0. The summed E-state index contributed by atoms with van der Waals surface area (Å²) in [5.74, 6) is -0.350. The van der Waals surface area contributed by atoms with E-state index in [9.17, 15) is 9.59 Å². The minimum absolute atomic E-state index is 0.0276. The highest BCUT2D eigenvalue weighted by atomic mass is 16.5. The Bertz CT molecular complexity index is 350. The topological polar surface area (TPSA) is 66.8 Å². The molecule has 0 aliphatic carbocycles. The van der Waals surface area contributed by atoms with Crippen molar-refractivity contribution >= 4 is 11.7 Å². The number of ketones is 1. The Morgan fingerprint density at radius 2 is 2.25 bits per heavy atom. The average Bonchev–Trinajstić information content (AvgIpc) is 2.71. The van der Waals surface area contributed by atoms with E-state index in [0.717, 1.165) is 6.42 Å². The van der Waals surface area contributed by atoms with E-state index in [1.54, 1.807) is 13.1 Å². The van der Waals surface area contributed by atoms with Crippen molar-refractivity contribution in [1.82, 2.24) is 4.90 Å². The molecule has 0 unspecified atom stereocenters. The van der Waals surface area contributed by atoms with E-state index in [0.29, 0.717) is 12.0 Å². The van der Waals surface area contributed by atoms with Gasteiger partial charge in [-0.25, -0.2) is 0 Å². The highest BCUT2D eigenvalue weighted by Crippen LogP contribution is 2.26. The fourth-order valence-electron chi connectivity index (χ4n) is 1.99. The lowest BCUT2D eigenvalue weighted by Gasteiger charge is -2.28. The van der Waals surface area contributed by atoms with E-state index in [-0.39, 0.29) is 37.0 Å². The number of carbonyl (C=O) groups is 2. The number of aliphatic hydroxyl groups excluding tert-OH is 1. The Balaban J connectivity index is 2.10. The third-order valence-electron chi connectivity index (χ3n) is 2.97. The highest BCUT2D eigenvalue weighted by Gasteiger charge is 2.34. The molecule has 0 saturated carbocycles. The maximum atomic E-state index is 11.7. The maximum absolute atomic E-state index is 11.7. The standard InChI is InChI=1S/C11H15NO4/c1-7-5-12(10(15)4-9(7)14)11-3-2-8(6-13)16-11/h5,8,11,13H,2-4,6H2,1H3/t8-,11+/m0/s1. The first-order valence-corrected chi connectivity index (χ1v) is 5.41. The molecular weight excluding hydrogens is 210 g/mol. The fourth-order valence-corrected chi connectivity index (χ4v) is 1.99. The van der Waals surface area contributed by atoms with Crippen LogP contribution >= 0.6 is 0 Å². The van der Waals surface area contributed by atoms with Gasteiger partial charge in [-0.2, -0.15) is 0 Å². The molecule has 2 aliphatic heterocycles. The number of hydrogen-bond acceptors (Lipinski definition) is 4. The van der Waals surface area contributed by atoms with E-state index >= 15 is 0 Å². The molecule has 2 aliphatic rings. The third kappa shape index (κ3) is 2.01. The van der Waals surface area contributed by atoms with Crippen LogP contribution in [0.25, 0.3) is 0 Å². The molecule has 2 heterocycles. The Labute approximate surface area is 93.7 Å². The van der Waals surface area contributed by atoms with Crippen molar-refractivity contribution in [3.05, 3.63) is 11.8 Å². The first-order chi connectivity index (χ1) is 7.61. The molecule has 1 saturated heterocycles. The van der Waals surface area contributed by atoms with Crippen LogP contribution in [0.4, 0.5) is 0 Å². The maximum Gasteiger partial charge on any atom is 0.236 e. The number of carbonyl (C=O) groups excluding carboxylic acids is 2. The van der Waals surface area contributed by atoms with Crippen LogP contribution < -0.4 is 0 Å². The van der Waals surface area contributed by atoms with E-state index in [4.69, 9.17) is 9.84 Å². The summed E-state index contributed by atoms with van der Waals surface area (Å²) in [6.07, 6.45) is 2.41. The quantitative estimate of drug-likeness (QED) is 0.681. The Kier molecular flexibility index (Phi) is 3.07. The second-order valence-corrected chi connectivity index (χ2v) is 4.19. The second kappa shape index (κ2) is 4.35. The van der Waals surface area contributed by atoms with Gasteiger partial charge in [-0.05, 0) is 19.8 Å². The van der Waals surface area contributed by atoms with Crippen molar-refractivity contribution < 1.29 is 19.4 Å². The third-order valence-corrected chi connectivity index (χ3v) is 2.97. The van der Waals surface area contributed by atoms with Gasteiger partial charge in [-0.1, -0.05) is 0 Å². The number of aliphatic hydroxyl groups is 1. The molecule has 2 atom stereocenters. The lowest BCUT2D eigenvalue weighted by Crippen LogP contribution is -2.40. The summed E-state index contributed by atoms with van der Waals surface area (Å²) in [5.41, 5.74) is 0.579. The van der Waals surface area contributed by atoms with Gasteiger partial charge in [0.2, 0.25) is 5.91 Å². The number of amides is 1. The summed E-state index contributed by atoms with van der Waals surface area (Å²) in [7, 11) is 0. The van der Waals surface area contributed by atoms with Gasteiger partial charge in [0.25, 0.3) is 0 Å². The summed E-state index contributed by atoms with van der Waals surface area (Å²) in [4.78, 5) is 24.4. The highest BCUT2D eigenvalue weighted by molar-refractivity contribution is 6.09. The average molecular weight is 225 g/mol. The molecule has 0 aromatic heterocycles. The predicted octanol–water partition coefficient (Wildman–Crippen LogP) is 0.189. The monoisotopic (exact) mass is 225 g/mol. The van der Waals surface area contributed by atoms with Crippen LogP contribution in [-0.2, 0) is 14.3 Å². The molecule has 0 aromatic rings. The van der Waals surface area contributed by atoms with E-state index in [2.05, 4.69) is 0 Å². The zero-order chi connectivity index (χ0) is 11.7. The summed E-state index contributed by atoms with van der Waals surface area (Å²) in [6.45, 7) is 1.67. The van der Waals surface area contributed by atoms with Crippen molar-refractivity contribution in [1.29, 1.82) is 0 Å². The van der Waals surface area contributed by atoms with Gasteiger partial charge in [-0.3, -0.25) is 14.5 Å². The number of hydrogen-bond donors (Lipinski definition) is 1. The Hall–Kier alpha value is -1.20. The zero-order valence-electron chi connectivity index (χ0n) is 9.18. The molecule has 0 radical (unpaired) electrons. The molecule has 0 bridgehead atoms. The van der Waals surface area contributed by atoms with E-state index in [1.165, 1.54) is 4.90 Å². The molecule has 1 fully saturated rings. The molecule has 5 nitrogen and oxygen atoms in total. The predicted molar refractivity (Wildman–Crippen MR) is 55.2 cm³/mol. The zero-order valence-corrected chi connectivity index (χ0v) is 9.18. The van der Waals surface area contributed by atoms with Crippen molar-refractivity contribution in [3.8, 4) is 0 Å². The summed E-state index contributed by atoms with van der Waals surface area (Å²) < 4.78 is 5.50. The number of allylic oxidation sites excluding steroid dienone is 1. The van der Waals surface area contributed by atoms with Crippen LogP contribution in [0.15, 0.2) is 11.8 Å². The largest absolute Gasteiger partial charge is 0.394 e. The van der Waals surface area contributed by atoms with Gasteiger partial charge < -0.3 is 9.84 Å². The Morgan fingerprint density at radius 3 is 2.88 bits per heavy atom. The van der Waals surface area contributed by atoms with Gasteiger partial charge in [0.05, 0.1) is 19.1 Å². The van der Waals surface area contributed by atoms with Gasteiger partial charge in [0, 0.05) is 11.8 Å². The van der Waals surface area contributed by atoms with Crippen LogP contribution in [-0.4, -0.2) is 40.6 Å². The lowest BCUT2D eigenvalue weighted by atomic mass is 10.1. The summed E-state index contributed by atoms with van der Waals surface area (Å²) >= 11 is 0. The van der Waals surface area contributed by atoms with E-state index in [1.807, 2.05) is 0 Å².